The Morgan fingerprint density at radius 2 is 1.67 bits per heavy atom. The number of allylic oxidation sites excluding steroid dienone is 1. The minimum atomic E-state index is -0.0789. The third-order valence-corrected chi connectivity index (χ3v) is 3.03. The first-order valence-electron chi connectivity index (χ1n) is 6.44. The fourth-order valence-electron chi connectivity index (χ4n) is 1.87. The van der Waals surface area contributed by atoms with Crippen LogP contribution in [0.1, 0.15) is 15.9 Å². The van der Waals surface area contributed by atoms with Crippen molar-refractivity contribution in [2.45, 2.75) is 0 Å². The third kappa shape index (κ3) is 3.63. The zero-order chi connectivity index (χ0) is 15.2. The number of anilines is 1. The molecule has 0 fully saturated rings. The van der Waals surface area contributed by atoms with E-state index in [-0.39, 0.29) is 5.78 Å². The molecule has 0 aliphatic heterocycles. The van der Waals surface area contributed by atoms with E-state index >= 15 is 0 Å². The number of carbonyl (C=O) groups excluding carboxylic acids is 1. The van der Waals surface area contributed by atoms with E-state index in [1.165, 1.54) is 6.08 Å². The van der Waals surface area contributed by atoms with Crippen molar-refractivity contribution in [3.8, 4) is 11.5 Å². The SMILES string of the molecule is COc1ccc(C=CC(=O)c2ccc(N)cc2)cc1OC. The van der Waals surface area contributed by atoms with Crippen LogP contribution in [-0.4, -0.2) is 20.0 Å². The molecule has 0 heterocycles. The van der Waals surface area contributed by atoms with E-state index in [1.54, 1.807) is 50.6 Å². The fourth-order valence-corrected chi connectivity index (χ4v) is 1.87. The molecule has 2 rings (SSSR count). The van der Waals surface area contributed by atoms with Gasteiger partial charge in [-0.2, -0.15) is 0 Å². The maximum atomic E-state index is 12.0. The van der Waals surface area contributed by atoms with Gasteiger partial charge in [0.15, 0.2) is 17.3 Å². The van der Waals surface area contributed by atoms with Crippen LogP contribution in [0.2, 0.25) is 0 Å². The smallest absolute Gasteiger partial charge is 0.185 e. The van der Waals surface area contributed by atoms with Gasteiger partial charge < -0.3 is 15.2 Å². The third-order valence-electron chi connectivity index (χ3n) is 3.03. The Bertz CT molecular complexity index is 660. The second-order valence-electron chi connectivity index (χ2n) is 4.43. The Hall–Kier alpha value is -2.75. The van der Waals surface area contributed by atoms with Gasteiger partial charge in [-0.05, 0) is 48.0 Å². The van der Waals surface area contributed by atoms with Gasteiger partial charge in [-0.1, -0.05) is 12.1 Å². The summed E-state index contributed by atoms with van der Waals surface area (Å²) in [5.74, 6) is 1.20. The highest BCUT2D eigenvalue weighted by Gasteiger charge is 2.04. The number of methoxy groups -OCH3 is 2. The van der Waals surface area contributed by atoms with Crippen molar-refractivity contribution in [1.82, 2.24) is 0 Å². The number of nitrogen functional groups attached to an aromatic ring is 1. The van der Waals surface area contributed by atoms with E-state index in [0.717, 1.165) is 5.56 Å². The number of rotatable bonds is 5. The number of ketones is 1. The summed E-state index contributed by atoms with van der Waals surface area (Å²) >= 11 is 0. The molecule has 0 bridgehead atoms. The number of benzene rings is 2. The van der Waals surface area contributed by atoms with E-state index < -0.39 is 0 Å². The van der Waals surface area contributed by atoms with Gasteiger partial charge >= 0.3 is 0 Å². The van der Waals surface area contributed by atoms with Crippen LogP contribution in [0.4, 0.5) is 5.69 Å². The molecule has 21 heavy (non-hydrogen) atoms. The summed E-state index contributed by atoms with van der Waals surface area (Å²) in [7, 11) is 3.16. The van der Waals surface area contributed by atoms with Crippen LogP contribution in [-0.2, 0) is 0 Å². The first kappa shape index (κ1) is 14.7. The van der Waals surface area contributed by atoms with Gasteiger partial charge in [-0.15, -0.1) is 0 Å². The van der Waals surface area contributed by atoms with E-state index in [4.69, 9.17) is 15.2 Å². The zero-order valence-electron chi connectivity index (χ0n) is 12.0. The molecule has 0 saturated carbocycles. The summed E-state index contributed by atoms with van der Waals surface area (Å²) in [6.45, 7) is 0. The summed E-state index contributed by atoms with van der Waals surface area (Å²) in [5.41, 5.74) is 7.69. The van der Waals surface area contributed by atoms with Crippen molar-refractivity contribution in [2.75, 3.05) is 20.0 Å². The van der Waals surface area contributed by atoms with Gasteiger partial charge in [0.1, 0.15) is 0 Å². The fraction of sp³-hybridized carbons (Fsp3) is 0.118. The number of hydrogen-bond donors (Lipinski definition) is 1. The zero-order valence-corrected chi connectivity index (χ0v) is 12.0. The molecule has 0 aromatic heterocycles. The molecule has 2 aromatic carbocycles. The van der Waals surface area contributed by atoms with Crippen LogP contribution in [0.5, 0.6) is 11.5 Å². The van der Waals surface area contributed by atoms with Gasteiger partial charge in [-0.25, -0.2) is 0 Å². The molecule has 108 valence electrons. The average molecular weight is 283 g/mol. The molecule has 0 amide bonds. The summed E-state index contributed by atoms with van der Waals surface area (Å²) in [6.07, 6.45) is 3.26. The van der Waals surface area contributed by atoms with Crippen molar-refractivity contribution in [3.05, 3.63) is 59.7 Å². The molecule has 2 aromatic rings. The quantitative estimate of drug-likeness (QED) is 0.520. The summed E-state index contributed by atoms with van der Waals surface area (Å²) in [4.78, 5) is 12.0. The van der Waals surface area contributed by atoms with Crippen LogP contribution in [0.15, 0.2) is 48.5 Å². The van der Waals surface area contributed by atoms with Gasteiger partial charge in [0.2, 0.25) is 0 Å². The topological polar surface area (TPSA) is 61.5 Å². The lowest BCUT2D eigenvalue weighted by Crippen LogP contribution is -1.95. The molecule has 2 N–H and O–H groups in total. The van der Waals surface area contributed by atoms with Crippen LogP contribution >= 0.6 is 0 Å². The molecular formula is C17H17NO3. The van der Waals surface area contributed by atoms with E-state index in [2.05, 4.69) is 0 Å². The molecule has 0 atom stereocenters. The van der Waals surface area contributed by atoms with Gasteiger partial charge in [0.05, 0.1) is 14.2 Å². The monoisotopic (exact) mass is 283 g/mol. The van der Waals surface area contributed by atoms with Crippen LogP contribution in [0.3, 0.4) is 0 Å². The van der Waals surface area contributed by atoms with Crippen LogP contribution < -0.4 is 15.2 Å². The molecule has 0 spiro atoms. The Morgan fingerprint density at radius 1 is 1.00 bits per heavy atom. The van der Waals surface area contributed by atoms with Gasteiger partial charge in [0.25, 0.3) is 0 Å². The predicted molar refractivity (Wildman–Crippen MR) is 83.8 cm³/mol. The standard InChI is InChI=1S/C17H17NO3/c1-20-16-10-4-12(11-17(16)21-2)3-9-15(19)13-5-7-14(18)8-6-13/h3-11H,18H2,1-2H3. The lowest BCUT2D eigenvalue weighted by molar-refractivity contribution is 0.104. The lowest BCUT2D eigenvalue weighted by atomic mass is 10.1. The van der Waals surface area contributed by atoms with Gasteiger partial charge in [0, 0.05) is 11.3 Å². The maximum Gasteiger partial charge on any atom is 0.185 e. The van der Waals surface area contributed by atoms with Crippen molar-refractivity contribution in [2.24, 2.45) is 0 Å². The van der Waals surface area contributed by atoms with Crippen LogP contribution in [0, 0.1) is 0 Å². The number of ether oxygens (including phenoxy) is 2. The summed E-state index contributed by atoms with van der Waals surface area (Å²) in [5, 5.41) is 0. The van der Waals surface area contributed by atoms with Crippen LogP contribution in [0.25, 0.3) is 6.08 Å². The molecule has 0 saturated heterocycles. The van der Waals surface area contributed by atoms with Gasteiger partial charge in [-0.3, -0.25) is 4.79 Å². The Morgan fingerprint density at radius 3 is 2.29 bits per heavy atom. The normalized spacial score (nSPS) is 10.6. The summed E-state index contributed by atoms with van der Waals surface area (Å²) < 4.78 is 10.4. The number of nitrogens with two attached hydrogens (primary N) is 1. The molecule has 0 aliphatic rings. The first-order valence-corrected chi connectivity index (χ1v) is 6.44. The van der Waals surface area contributed by atoms with Crippen molar-refractivity contribution < 1.29 is 14.3 Å². The highest BCUT2D eigenvalue weighted by molar-refractivity contribution is 6.06. The summed E-state index contributed by atoms with van der Waals surface area (Å²) in [6, 6.07) is 12.3. The highest BCUT2D eigenvalue weighted by Crippen LogP contribution is 2.28. The van der Waals surface area contributed by atoms with E-state index in [9.17, 15) is 4.79 Å². The van der Waals surface area contributed by atoms with E-state index in [1.807, 2.05) is 12.1 Å². The Balaban J connectivity index is 2.17. The molecular weight excluding hydrogens is 266 g/mol. The predicted octanol–water partition coefficient (Wildman–Crippen LogP) is 3.18. The molecule has 0 radical (unpaired) electrons. The minimum Gasteiger partial charge on any atom is -0.493 e. The molecule has 0 unspecified atom stereocenters. The van der Waals surface area contributed by atoms with E-state index in [0.29, 0.717) is 22.7 Å². The molecule has 0 aliphatic carbocycles. The maximum absolute atomic E-state index is 12.0. The minimum absolute atomic E-state index is 0.0789. The van der Waals surface area contributed by atoms with Crippen molar-refractivity contribution >= 4 is 17.5 Å². The second-order valence-corrected chi connectivity index (χ2v) is 4.43. The number of hydrogen-bond acceptors (Lipinski definition) is 4. The van der Waals surface area contributed by atoms with Crippen molar-refractivity contribution in [3.63, 3.8) is 0 Å². The first-order chi connectivity index (χ1) is 10.1. The Labute approximate surface area is 123 Å². The lowest BCUT2D eigenvalue weighted by Gasteiger charge is -2.07. The molecule has 4 heteroatoms. The highest BCUT2D eigenvalue weighted by atomic mass is 16.5. The van der Waals surface area contributed by atoms with Crippen molar-refractivity contribution in [1.29, 1.82) is 0 Å². The molecule has 4 nitrogen and oxygen atoms in total. The average Bonchev–Trinajstić information content (AvgIpc) is 2.52. The largest absolute Gasteiger partial charge is 0.493 e. The Kier molecular flexibility index (Phi) is 4.61. The number of carbonyl (C=O) groups is 1. The second kappa shape index (κ2) is 6.61.